The van der Waals surface area contributed by atoms with Crippen LogP contribution in [0.4, 0.5) is 4.39 Å². The second kappa shape index (κ2) is 6.85. The van der Waals surface area contributed by atoms with Crippen molar-refractivity contribution in [3.8, 4) is 5.75 Å². The van der Waals surface area contributed by atoms with Crippen molar-refractivity contribution in [2.24, 2.45) is 0 Å². The lowest BCUT2D eigenvalue weighted by Crippen LogP contribution is -2.05. The molecule has 0 aliphatic rings. The van der Waals surface area contributed by atoms with Crippen LogP contribution >= 0.6 is 0 Å². The van der Waals surface area contributed by atoms with E-state index in [1.54, 1.807) is 0 Å². The number of hydrogen-bond acceptors (Lipinski definition) is 3. The quantitative estimate of drug-likeness (QED) is 0.745. The van der Waals surface area contributed by atoms with Crippen LogP contribution in [0.2, 0.25) is 0 Å². The molecule has 5 heteroatoms. The minimum absolute atomic E-state index is 0.0616. The lowest BCUT2D eigenvalue weighted by atomic mass is 10.2. The van der Waals surface area contributed by atoms with Gasteiger partial charge >= 0.3 is 5.97 Å². The summed E-state index contributed by atoms with van der Waals surface area (Å²) >= 11 is 0. The van der Waals surface area contributed by atoms with E-state index in [0.717, 1.165) is 6.07 Å². The molecular weight excluding hydrogens is 227 g/mol. The summed E-state index contributed by atoms with van der Waals surface area (Å²) < 4.78 is 23.6. The van der Waals surface area contributed by atoms with Gasteiger partial charge in [-0.25, -0.2) is 9.18 Å². The number of ether oxygens (including phenoxy) is 2. The first-order chi connectivity index (χ1) is 8.15. The zero-order chi connectivity index (χ0) is 12.7. The molecule has 0 radical (unpaired) electrons. The number of aromatic carboxylic acids is 1. The van der Waals surface area contributed by atoms with Crippen molar-refractivity contribution in [1.29, 1.82) is 0 Å². The van der Waals surface area contributed by atoms with E-state index < -0.39 is 11.8 Å². The molecule has 0 atom stereocenters. The molecule has 17 heavy (non-hydrogen) atoms. The molecule has 4 nitrogen and oxygen atoms in total. The van der Waals surface area contributed by atoms with Gasteiger partial charge in [-0.15, -0.1) is 0 Å². The molecular formula is C12H15FO4. The van der Waals surface area contributed by atoms with Crippen LogP contribution in [-0.2, 0) is 4.74 Å². The van der Waals surface area contributed by atoms with Crippen molar-refractivity contribution in [1.82, 2.24) is 0 Å². The van der Waals surface area contributed by atoms with Gasteiger partial charge in [-0.1, -0.05) is 0 Å². The van der Waals surface area contributed by atoms with Crippen molar-refractivity contribution < 1.29 is 23.8 Å². The third-order valence-corrected chi connectivity index (χ3v) is 2.07. The maximum absolute atomic E-state index is 13.4. The maximum Gasteiger partial charge on any atom is 0.335 e. The summed E-state index contributed by atoms with van der Waals surface area (Å²) in [7, 11) is 0. The van der Waals surface area contributed by atoms with Gasteiger partial charge in [0.2, 0.25) is 0 Å². The first kappa shape index (κ1) is 13.4. The second-order valence-electron chi connectivity index (χ2n) is 3.35. The highest BCUT2D eigenvalue weighted by Gasteiger charge is 2.08. The Hall–Kier alpha value is -1.62. The molecule has 0 spiro atoms. The fraction of sp³-hybridized carbons (Fsp3) is 0.417. The molecule has 0 amide bonds. The monoisotopic (exact) mass is 242 g/mol. The van der Waals surface area contributed by atoms with Crippen LogP contribution in [0.1, 0.15) is 23.7 Å². The van der Waals surface area contributed by atoms with Crippen molar-refractivity contribution in [2.45, 2.75) is 13.3 Å². The molecule has 0 aliphatic carbocycles. The number of carbonyl (C=O) groups is 1. The zero-order valence-electron chi connectivity index (χ0n) is 9.61. The van der Waals surface area contributed by atoms with Crippen LogP contribution in [0.15, 0.2) is 18.2 Å². The average Bonchev–Trinajstić information content (AvgIpc) is 2.30. The van der Waals surface area contributed by atoms with Crippen LogP contribution in [-0.4, -0.2) is 30.9 Å². The van der Waals surface area contributed by atoms with E-state index in [1.165, 1.54) is 12.1 Å². The molecule has 0 aromatic heterocycles. The standard InChI is InChI=1S/C12H15FO4/c1-2-16-6-3-7-17-11-5-4-9(12(14)15)8-10(11)13/h4-5,8H,2-3,6-7H2,1H3,(H,14,15). The Morgan fingerprint density at radius 2 is 2.18 bits per heavy atom. The van der Waals surface area contributed by atoms with Gasteiger partial charge in [0, 0.05) is 19.6 Å². The van der Waals surface area contributed by atoms with Gasteiger partial charge in [0.1, 0.15) is 0 Å². The molecule has 0 heterocycles. The predicted molar refractivity (Wildman–Crippen MR) is 60.0 cm³/mol. The SMILES string of the molecule is CCOCCCOc1ccc(C(=O)O)cc1F. The van der Waals surface area contributed by atoms with Crippen LogP contribution in [0, 0.1) is 5.82 Å². The van der Waals surface area contributed by atoms with E-state index in [1.807, 2.05) is 6.92 Å². The number of benzene rings is 1. The Kier molecular flexibility index (Phi) is 5.42. The van der Waals surface area contributed by atoms with Crippen molar-refractivity contribution in [3.63, 3.8) is 0 Å². The molecule has 0 saturated heterocycles. The van der Waals surface area contributed by atoms with Crippen molar-refractivity contribution in [3.05, 3.63) is 29.6 Å². The fourth-order valence-corrected chi connectivity index (χ4v) is 1.24. The summed E-state index contributed by atoms with van der Waals surface area (Å²) in [4.78, 5) is 10.6. The topological polar surface area (TPSA) is 55.8 Å². The summed E-state index contributed by atoms with van der Waals surface area (Å²) in [6.45, 7) is 3.43. The predicted octanol–water partition coefficient (Wildman–Crippen LogP) is 2.33. The molecule has 0 bridgehead atoms. The summed E-state index contributed by atoms with van der Waals surface area (Å²) in [6, 6.07) is 3.57. The van der Waals surface area contributed by atoms with Gasteiger partial charge in [0.05, 0.1) is 12.2 Å². The third-order valence-electron chi connectivity index (χ3n) is 2.07. The highest BCUT2D eigenvalue weighted by Crippen LogP contribution is 2.18. The largest absolute Gasteiger partial charge is 0.490 e. The van der Waals surface area contributed by atoms with Gasteiger partial charge in [-0.05, 0) is 25.1 Å². The molecule has 1 aromatic rings. The molecule has 0 unspecified atom stereocenters. The second-order valence-corrected chi connectivity index (χ2v) is 3.35. The van der Waals surface area contributed by atoms with Crippen molar-refractivity contribution in [2.75, 3.05) is 19.8 Å². The number of carboxylic acids is 1. The minimum Gasteiger partial charge on any atom is -0.490 e. The van der Waals surface area contributed by atoms with E-state index in [-0.39, 0.29) is 11.3 Å². The summed E-state index contributed by atoms with van der Waals surface area (Å²) in [6.07, 6.45) is 0.661. The number of hydrogen-bond donors (Lipinski definition) is 1. The molecule has 0 fully saturated rings. The van der Waals surface area contributed by atoms with E-state index in [9.17, 15) is 9.18 Å². The van der Waals surface area contributed by atoms with Gasteiger partial charge in [0.15, 0.2) is 11.6 Å². The highest BCUT2D eigenvalue weighted by atomic mass is 19.1. The number of carboxylic acid groups (broad SMARTS) is 1. The van der Waals surface area contributed by atoms with Gasteiger partial charge in [-0.2, -0.15) is 0 Å². The Balaban J connectivity index is 2.46. The summed E-state index contributed by atoms with van der Waals surface area (Å²) in [5, 5.41) is 8.65. The molecule has 0 saturated carbocycles. The van der Waals surface area contributed by atoms with Crippen LogP contribution < -0.4 is 4.74 Å². The van der Waals surface area contributed by atoms with E-state index in [4.69, 9.17) is 14.6 Å². The first-order valence-electron chi connectivity index (χ1n) is 5.38. The molecule has 94 valence electrons. The maximum atomic E-state index is 13.4. The highest BCUT2D eigenvalue weighted by molar-refractivity contribution is 5.87. The summed E-state index contributed by atoms with van der Waals surface area (Å²) in [5.74, 6) is -1.76. The smallest absolute Gasteiger partial charge is 0.335 e. The van der Waals surface area contributed by atoms with Gasteiger partial charge in [0.25, 0.3) is 0 Å². The lowest BCUT2D eigenvalue weighted by Gasteiger charge is -2.07. The van der Waals surface area contributed by atoms with Crippen LogP contribution in [0.25, 0.3) is 0 Å². The number of rotatable bonds is 7. The van der Waals surface area contributed by atoms with Crippen LogP contribution in [0.5, 0.6) is 5.75 Å². The Bertz CT molecular complexity index is 379. The lowest BCUT2D eigenvalue weighted by molar-refractivity contribution is 0.0696. The zero-order valence-corrected chi connectivity index (χ0v) is 9.61. The summed E-state index contributed by atoms with van der Waals surface area (Å²) in [5.41, 5.74) is -0.0934. The first-order valence-corrected chi connectivity index (χ1v) is 5.38. The fourth-order valence-electron chi connectivity index (χ4n) is 1.24. The number of halogens is 1. The molecule has 1 aromatic carbocycles. The normalized spacial score (nSPS) is 10.2. The molecule has 0 aliphatic heterocycles. The average molecular weight is 242 g/mol. The van der Waals surface area contributed by atoms with Crippen LogP contribution in [0.3, 0.4) is 0 Å². The van der Waals surface area contributed by atoms with E-state index in [0.29, 0.717) is 26.2 Å². The Labute approximate surface area is 99.0 Å². The third kappa shape index (κ3) is 4.40. The minimum atomic E-state index is -1.16. The Morgan fingerprint density at radius 1 is 1.41 bits per heavy atom. The molecule has 1 N–H and O–H groups in total. The van der Waals surface area contributed by atoms with Crippen molar-refractivity contribution >= 4 is 5.97 Å². The van der Waals surface area contributed by atoms with Gasteiger partial charge in [-0.3, -0.25) is 0 Å². The van der Waals surface area contributed by atoms with Gasteiger partial charge < -0.3 is 14.6 Å². The van der Waals surface area contributed by atoms with E-state index in [2.05, 4.69) is 0 Å². The van der Waals surface area contributed by atoms with E-state index >= 15 is 0 Å². The molecule has 1 rings (SSSR count). The Morgan fingerprint density at radius 3 is 2.76 bits per heavy atom.